The topological polar surface area (TPSA) is 86.9 Å². The summed E-state index contributed by atoms with van der Waals surface area (Å²) in [5.74, 6) is -0.470. The fourth-order valence-corrected chi connectivity index (χ4v) is 2.35. The van der Waals surface area contributed by atoms with Crippen LogP contribution in [0.1, 0.15) is 12.1 Å². The molecule has 0 fully saturated rings. The Hall–Kier alpha value is -2.07. The van der Waals surface area contributed by atoms with Gasteiger partial charge in [0, 0.05) is 29.9 Å². The van der Waals surface area contributed by atoms with Crippen molar-refractivity contribution < 1.29 is 30.7 Å². The minimum atomic E-state index is -4.55. The number of aryl methyl sites for hydroxylation is 1. The second-order valence-electron chi connectivity index (χ2n) is 4.73. The molecule has 0 atom stereocenters. The van der Waals surface area contributed by atoms with Gasteiger partial charge >= 0.3 is 6.18 Å². The van der Waals surface area contributed by atoms with E-state index in [1.54, 1.807) is 29.1 Å². The molecule has 0 aliphatic carbocycles. The number of hydrogen-bond donors (Lipinski definition) is 0. The molecule has 0 aliphatic rings. The van der Waals surface area contributed by atoms with Gasteiger partial charge in [0.05, 0.1) is 15.8 Å². The van der Waals surface area contributed by atoms with E-state index in [0.717, 1.165) is 12.4 Å². The highest BCUT2D eigenvalue weighted by molar-refractivity contribution is 7.85. The quantitative estimate of drug-likeness (QED) is 0.602. The molecule has 2 aromatic rings. The molecule has 0 radical (unpaired) electrons. The maximum absolute atomic E-state index is 12.6. The Morgan fingerprint density at radius 2 is 1.83 bits per heavy atom. The average molecular weight is 347 g/mol. The van der Waals surface area contributed by atoms with E-state index in [1.165, 1.54) is 0 Å². The van der Waals surface area contributed by atoms with Crippen LogP contribution in [0.15, 0.2) is 36.9 Å². The van der Waals surface area contributed by atoms with Gasteiger partial charge in [-0.3, -0.25) is 0 Å². The largest absolute Gasteiger partial charge is 0.748 e. The van der Waals surface area contributed by atoms with Crippen molar-refractivity contribution in [1.29, 1.82) is 0 Å². The normalized spacial score (nSPS) is 12.3. The number of nitrogens with zero attached hydrogens (tertiary/aromatic N) is 3. The van der Waals surface area contributed by atoms with Crippen molar-refractivity contribution in [2.45, 2.75) is 19.1 Å². The lowest BCUT2D eigenvalue weighted by molar-refractivity contribution is -0.696. The highest BCUT2D eigenvalue weighted by Gasteiger charge is 2.32. The molecule has 0 saturated heterocycles. The molecule has 0 bridgehead atoms. The second-order valence-corrected chi connectivity index (χ2v) is 6.25. The zero-order valence-electron chi connectivity index (χ0n) is 11.7. The van der Waals surface area contributed by atoms with E-state index < -0.39 is 27.7 Å². The van der Waals surface area contributed by atoms with E-state index in [-0.39, 0.29) is 12.1 Å². The molecule has 23 heavy (non-hydrogen) atoms. The van der Waals surface area contributed by atoms with Crippen molar-refractivity contribution in [3.05, 3.63) is 42.6 Å². The molecule has 2 aromatic heterocycles. The van der Waals surface area contributed by atoms with Gasteiger partial charge in [0.1, 0.15) is 18.6 Å². The van der Waals surface area contributed by atoms with Crippen molar-refractivity contribution in [3.8, 4) is 11.3 Å². The standard InChI is InChI=1S/C13H12F3N3O3S/c14-13(15,16)12-8-11(17-9-18-12)10-2-5-19(6-3-10)4-1-7-23(20,21)22/h2-3,5-6,8-9H,1,4,7H2. The molecule has 0 saturated carbocycles. The zero-order chi connectivity index (χ0) is 17.1. The number of alkyl halides is 3. The van der Waals surface area contributed by atoms with Crippen molar-refractivity contribution in [1.82, 2.24) is 9.97 Å². The maximum atomic E-state index is 12.6. The van der Waals surface area contributed by atoms with Crippen molar-refractivity contribution in [3.63, 3.8) is 0 Å². The van der Waals surface area contributed by atoms with E-state index in [9.17, 15) is 26.1 Å². The molecule has 10 heteroatoms. The van der Waals surface area contributed by atoms with Gasteiger partial charge in [-0.1, -0.05) is 0 Å². The third kappa shape index (κ3) is 5.25. The smallest absolute Gasteiger partial charge is 0.433 e. The molecule has 0 spiro atoms. The molecule has 2 heterocycles. The van der Waals surface area contributed by atoms with Gasteiger partial charge in [0.15, 0.2) is 12.4 Å². The monoisotopic (exact) mass is 347 g/mol. The van der Waals surface area contributed by atoms with E-state index in [2.05, 4.69) is 9.97 Å². The summed E-state index contributed by atoms with van der Waals surface area (Å²) >= 11 is 0. The first-order chi connectivity index (χ1) is 10.6. The van der Waals surface area contributed by atoms with E-state index in [1.807, 2.05) is 0 Å². The fraction of sp³-hybridized carbons (Fsp3) is 0.308. The van der Waals surface area contributed by atoms with Crippen LogP contribution in [0, 0.1) is 0 Å². The van der Waals surface area contributed by atoms with Gasteiger partial charge < -0.3 is 4.55 Å². The van der Waals surface area contributed by atoms with Crippen LogP contribution in [-0.2, 0) is 22.8 Å². The molecule has 6 nitrogen and oxygen atoms in total. The Bertz CT molecular complexity index is 777. The van der Waals surface area contributed by atoms with Crippen LogP contribution in [0.4, 0.5) is 13.2 Å². The zero-order valence-corrected chi connectivity index (χ0v) is 12.5. The van der Waals surface area contributed by atoms with Gasteiger partial charge in [-0.25, -0.2) is 23.0 Å². The summed E-state index contributed by atoms with van der Waals surface area (Å²) in [6.45, 7) is 0.305. The number of pyridine rings is 1. The number of halogens is 3. The van der Waals surface area contributed by atoms with Crippen molar-refractivity contribution in [2.24, 2.45) is 0 Å². The SMILES string of the molecule is O=S(=O)([O-])CCC[n+]1ccc(-c2cc(C(F)(F)F)ncn2)cc1. The summed E-state index contributed by atoms with van der Waals surface area (Å²) in [4.78, 5) is 7.00. The lowest BCUT2D eigenvalue weighted by Gasteiger charge is -2.07. The molecule has 0 aliphatic heterocycles. The van der Waals surface area contributed by atoms with Gasteiger partial charge in [0.25, 0.3) is 0 Å². The van der Waals surface area contributed by atoms with Crippen LogP contribution in [0.5, 0.6) is 0 Å². The summed E-state index contributed by atoms with van der Waals surface area (Å²) in [7, 11) is -4.25. The Labute approximate surface area is 130 Å². The third-order valence-corrected chi connectivity index (χ3v) is 3.74. The first-order valence-electron chi connectivity index (χ1n) is 6.47. The summed E-state index contributed by atoms with van der Waals surface area (Å²) in [5.41, 5.74) is -0.438. The molecule has 124 valence electrons. The van der Waals surface area contributed by atoms with Crippen LogP contribution in [-0.4, -0.2) is 28.7 Å². The lowest BCUT2D eigenvalue weighted by Crippen LogP contribution is -2.33. The Morgan fingerprint density at radius 1 is 1.17 bits per heavy atom. The number of aromatic nitrogens is 3. The van der Waals surface area contributed by atoms with Crippen LogP contribution in [0.3, 0.4) is 0 Å². The van der Waals surface area contributed by atoms with Gasteiger partial charge in [-0.15, -0.1) is 0 Å². The fourth-order valence-electron chi connectivity index (χ4n) is 1.87. The Balaban J connectivity index is 2.11. The molecular formula is C13H12F3N3O3S. The molecular weight excluding hydrogens is 335 g/mol. The van der Waals surface area contributed by atoms with Crippen LogP contribution >= 0.6 is 0 Å². The van der Waals surface area contributed by atoms with Gasteiger partial charge in [-0.2, -0.15) is 13.2 Å². The van der Waals surface area contributed by atoms with E-state index in [4.69, 9.17) is 0 Å². The maximum Gasteiger partial charge on any atom is 0.433 e. The van der Waals surface area contributed by atoms with E-state index in [0.29, 0.717) is 12.1 Å². The average Bonchev–Trinajstić information content (AvgIpc) is 2.46. The van der Waals surface area contributed by atoms with E-state index >= 15 is 0 Å². The minimum Gasteiger partial charge on any atom is -0.748 e. The third-order valence-electron chi connectivity index (χ3n) is 2.96. The summed E-state index contributed by atoms with van der Waals surface area (Å²) in [5, 5.41) is 0. The van der Waals surface area contributed by atoms with Crippen LogP contribution in [0.25, 0.3) is 11.3 Å². The van der Waals surface area contributed by atoms with Crippen LogP contribution in [0.2, 0.25) is 0 Å². The van der Waals surface area contributed by atoms with Gasteiger partial charge in [0.2, 0.25) is 0 Å². The molecule has 0 N–H and O–H groups in total. The Morgan fingerprint density at radius 3 is 2.39 bits per heavy atom. The molecule has 2 rings (SSSR count). The minimum absolute atomic E-state index is 0.126. The number of rotatable bonds is 5. The molecule has 0 amide bonds. The molecule has 0 aromatic carbocycles. The predicted octanol–water partition coefficient (Wildman–Crippen LogP) is 1.39. The van der Waals surface area contributed by atoms with Gasteiger partial charge in [-0.05, 0) is 6.07 Å². The predicted molar refractivity (Wildman–Crippen MR) is 71.8 cm³/mol. The van der Waals surface area contributed by atoms with Crippen LogP contribution < -0.4 is 4.57 Å². The first kappa shape index (κ1) is 17.3. The molecule has 0 unspecified atom stereocenters. The first-order valence-corrected chi connectivity index (χ1v) is 8.05. The second kappa shape index (κ2) is 6.59. The summed E-state index contributed by atoms with van der Waals surface area (Å²) < 4.78 is 71.0. The highest BCUT2D eigenvalue weighted by atomic mass is 32.2. The highest BCUT2D eigenvalue weighted by Crippen LogP contribution is 2.29. The Kier molecular flexibility index (Phi) is 4.95. The summed E-state index contributed by atoms with van der Waals surface area (Å²) in [6, 6.07) is 3.95. The lowest BCUT2D eigenvalue weighted by atomic mass is 10.1. The number of hydrogen-bond acceptors (Lipinski definition) is 5. The van der Waals surface area contributed by atoms with Crippen molar-refractivity contribution >= 4 is 10.1 Å². The van der Waals surface area contributed by atoms with Crippen molar-refractivity contribution in [2.75, 3.05) is 5.75 Å². The summed E-state index contributed by atoms with van der Waals surface area (Å²) in [6.07, 6.45) is -0.402.